The summed E-state index contributed by atoms with van der Waals surface area (Å²) in [5.41, 5.74) is 0.752. The predicted octanol–water partition coefficient (Wildman–Crippen LogP) is 1.61. The van der Waals surface area contributed by atoms with Crippen molar-refractivity contribution < 1.29 is 14.8 Å². The van der Waals surface area contributed by atoms with Crippen molar-refractivity contribution in [1.29, 1.82) is 0 Å². The van der Waals surface area contributed by atoms with Crippen LogP contribution in [0.4, 0.5) is 11.4 Å². The Kier molecular flexibility index (Phi) is 6.10. The van der Waals surface area contributed by atoms with Crippen LogP contribution in [-0.2, 0) is 4.79 Å². The van der Waals surface area contributed by atoms with Gasteiger partial charge in [-0.3, -0.25) is 14.9 Å². The second-order valence-corrected chi connectivity index (χ2v) is 4.78. The highest BCUT2D eigenvalue weighted by molar-refractivity contribution is 5.82. The number of hydrogen-bond acceptors (Lipinski definition) is 5. The predicted molar refractivity (Wildman–Crippen MR) is 80.3 cm³/mol. The van der Waals surface area contributed by atoms with Gasteiger partial charge in [-0.15, -0.1) is 0 Å². The lowest BCUT2D eigenvalue weighted by Gasteiger charge is -2.23. The average Bonchev–Trinajstić information content (AvgIpc) is 2.45. The smallest absolute Gasteiger partial charge is 0.292 e. The first-order chi connectivity index (χ1) is 9.90. The van der Waals surface area contributed by atoms with E-state index in [1.807, 2.05) is 6.92 Å². The topological polar surface area (TPSA) is 95.7 Å². The number of nitro benzene ring substituents is 1. The fraction of sp³-hybridized carbons (Fsp3) is 0.500. The zero-order valence-electron chi connectivity index (χ0n) is 12.5. The van der Waals surface area contributed by atoms with Crippen LogP contribution in [0.5, 0.6) is 0 Å². The molecule has 0 spiro atoms. The summed E-state index contributed by atoms with van der Waals surface area (Å²) >= 11 is 0. The first-order valence-electron chi connectivity index (χ1n) is 6.82. The van der Waals surface area contributed by atoms with E-state index in [1.54, 1.807) is 24.0 Å². The van der Waals surface area contributed by atoms with Gasteiger partial charge in [0.05, 0.1) is 17.6 Å². The van der Waals surface area contributed by atoms with Crippen molar-refractivity contribution in [1.82, 2.24) is 5.32 Å². The highest BCUT2D eigenvalue weighted by Crippen LogP contribution is 2.31. The number of likely N-dealkylation sites (N-methyl/N-ethyl adjacent to an activating group) is 1. The molecular formula is C14H21N3O4. The fourth-order valence-electron chi connectivity index (χ4n) is 2.02. The van der Waals surface area contributed by atoms with Crippen LogP contribution >= 0.6 is 0 Å². The van der Waals surface area contributed by atoms with E-state index < -0.39 is 11.0 Å². The van der Waals surface area contributed by atoms with Gasteiger partial charge in [0.2, 0.25) is 5.91 Å². The van der Waals surface area contributed by atoms with Gasteiger partial charge in [0.25, 0.3) is 5.69 Å². The monoisotopic (exact) mass is 295 g/mol. The van der Waals surface area contributed by atoms with E-state index in [0.717, 1.165) is 6.42 Å². The van der Waals surface area contributed by atoms with E-state index in [9.17, 15) is 20.0 Å². The van der Waals surface area contributed by atoms with E-state index in [4.69, 9.17) is 0 Å². The maximum absolute atomic E-state index is 11.6. The maximum Gasteiger partial charge on any atom is 0.292 e. The molecule has 0 fully saturated rings. The second-order valence-electron chi connectivity index (χ2n) is 4.78. The summed E-state index contributed by atoms with van der Waals surface area (Å²) in [6, 6.07) is 4.57. The summed E-state index contributed by atoms with van der Waals surface area (Å²) in [6.45, 7) is 4.07. The number of carbonyl (C=O) groups excluding carboxylic acids is 1. The molecule has 21 heavy (non-hydrogen) atoms. The normalized spacial score (nSPS) is 11.8. The number of benzene rings is 1. The van der Waals surface area contributed by atoms with Crippen LogP contribution in [0.15, 0.2) is 18.2 Å². The number of hydrogen-bond donors (Lipinski definition) is 2. The lowest BCUT2D eigenvalue weighted by molar-refractivity contribution is -0.384. The molecule has 0 heterocycles. The van der Waals surface area contributed by atoms with E-state index in [1.165, 1.54) is 13.1 Å². The molecule has 0 saturated heterocycles. The van der Waals surface area contributed by atoms with Gasteiger partial charge in [-0.25, -0.2) is 0 Å². The number of rotatable bonds is 7. The van der Waals surface area contributed by atoms with Gasteiger partial charge in [0.1, 0.15) is 5.69 Å². The van der Waals surface area contributed by atoms with E-state index in [-0.39, 0.29) is 18.1 Å². The number of nitrogens with one attached hydrogen (secondary N) is 1. The van der Waals surface area contributed by atoms with Crippen molar-refractivity contribution in [3.05, 3.63) is 33.9 Å². The molecule has 7 nitrogen and oxygen atoms in total. The van der Waals surface area contributed by atoms with Crippen LogP contribution in [0.25, 0.3) is 0 Å². The van der Waals surface area contributed by atoms with Gasteiger partial charge in [0, 0.05) is 19.7 Å². The molecule has 1 aromatic rings. The molecule has 1 aromatic carbocycles. The van der Waals surface area contributed by atoms with Crippen LogP contribution in [0.1, 0.15) is 31.9 Å². The molecule has 1 rings (SSSR count). The van der Waals surface area contributed by atoms with Crippen molar-refractivity contribution in [2.75, 3.05) is 25.0 Å². The Morgan fingerprint density at radius 1 is 1.52 bits per heavy atom. The number of nitro groups is 1. The molecule has 0 radical (unpaired) electrons. The molecule has 0 aliphatic heterocycles. The van der Waals surface area contributed by atoms with Gasteiger partial charge >= 0.3 is 0 Å². The van der Waals surface area contributed by atoms with Gasteiger partial charge in [-0.2, -0.15) is 0 Å². The number of carbonyl (C=O) groups is 1. The third-order valence-electron chi connectivity index (χ3n) is 3.13. The Bertz CT molecular complexity index is 517. The first kappa shape index (κ1) is 16.9. The number of aliphatic hydroxyl groups excluding tert-OH is 1. The molecular weight excluding hydrogens is 274 g/mol. The number of amides is 1. The van der Waals surface area contributed by atoms with Gasteiger partial charge in [-0.05, 0) is 25.0 Å². The highest BCUT2D eigenvalue weighted by Gasteiger charge is 2.22. The Balaban J connectivity index is 3.22. The number of anilines is 1. The Labute approximate surface area is 123 Å². The Hall–Kier alpha value is -2.15. The van der Waals surface area contributed by atoms with E-state index in [2.05, 4.69) is 5.32 Å². The first-order valence-corrected chi connectivity index (χ1v) is 6.82. The maximum atomic E-state index is 11.6. The van der Waals surface area contributed by atoms with Crippen LogP contribution < -0.4 is 10.2 Å². The largest absolute Gasteiger partial charge is 0.389 e. The van der Waals surface area contributed by atoms with Gasteiger partial charge in [-0.1, -0.05) is 13.0 Å². The zero-order chi connectivity index (χ0) is 16.0. The quantitative estimate of drug-likeness (QED) is 0.588. The molecule has 0 aromatic heterocycles. The van der Waals surface area contributed by atoms with Crippen molar-refractivity contribution in [2.24, 2.45) is 0 Å². The molecule has 0 saturated carbocycles. The molecule has 1 amide bonds. The molecule has 7 heteroatoms. The minimum Gasteiger partial charge on any atom is -0.389 e. The summed E-state index contributed by atoms with van der Waals surface area (Å²) in [6.07, 6.45) is -0.0249. The number of nitrogens with zero attached hydrogens (tertiary/aromatic N) is 2. The third kappa shape index (κ3) is 4.42. The summed E-state index contributed by atoms with van der Waals surface area (Å²) in [5.74, 6) is -0.211. The van der Waals surface area contributed by atoms with Crippen molar-refractivity contribution in [2.45, 2.75) is 26.4 Å². The van der Waals surface area contributed by atoms with Crippen molar-refractivity contribution >= 4 is 17.3 Å². The summed E-state index contributed by atoms with van der Waals surface area (Å²) in [4.78, 5) is 24.0. The summed E-state index contributed by atoms with van der Waals surface area (Å²) in [5, 5.41) is 23.3. The molecule has 0 aliphatic carbocycles. The zero-order valence-corrected chi connectivity index (χ0v) is 12.5. The summed E-state index contributed by atoms with van der Waals surface area (Å²) < 4.78 is 0. The van der Waals surface area contributed by atoms with Gasteiger partial charge < -0.3 is 15.3 Å². The lowest BCUT2D eigenvalue weighted by Crippen LogP contribution is -2.36. The minimum absolute atomic E-state index is 0.0548. The van der Waals surface area contributed by atoms with E-state index in [0.29, 0.717) is 17.8 Å². The van der Waals surface area contributed by atoms with Crippen LogP contribution in [0.2, 0.25) is 0 Å². The molecule has 0 bridgehead atoms. The average molecular weight is 295 g/mol. The molecule has 1 atom stereocenters. The van der Waals surface area contributed by atoms with Crippen molar-refractivity contribution in [3.63, 3.8) is 0 Å². The van der Waals surface area contributed by atoms with Crippen LogP contribution in [-0.4, -0.2) is 36.1 Å². The molecule has 0 unspecified atom stereocenters. The molecule has 0 aliphatic rings. The SMILES string of the molecule is CCCN(CC(=O)NC)c1ccc([C@@H](C)O)cc1[N+](=O)[O-]. The Morgan fingerprint density at radius 2 is 2.19 bits per heavy atom. The fourth-order valence-corrected chi connectivity index (χ4v) is 2.02. The summed E-state index contributed by atoms with van der Waals surface area (Å²) in [7, 11) is 1.53. The highest BCUT2D eigenvalue weighted by atomic mass is 16.6. The molecule has 2 N–H and O–H groups in total. The van der Waals surface area contributed by atoms with Gasteiger partial charge in [0.15, 0.2) is 0 Å². The van der Waals surface area contributed by atoms with E-state index >= 15 is 0 Å². The minimum atomic E-state index is -0.781. The van der Waals surface area contributed by atoms with Crippen LogP contribution in [0.3, 0.4) is 0 Å². The Morgan fingerprint density at radius 3 is 2.67 bits per heavy atom. The molecule has 116 valence electrons. The lowest BCUT2D eigenvalue weighted by atomic mass is 10.1. The third-order valence-corrected chi connectivity index (χ3v) is 3.13. The second kappa shape index (κ2) is 7.58. The van der Waals surface area contributed by atoms with Crippen molar-refractivity contribution in [3.8, 4) is 0 Å². The van der Waals surface area contributed by atoms with Crippen LogP contribution in [0, 0.1) is 10.1 Å². The standard InChI is InChI=1S/C14H21N3O4/c1-4-7-16(9-14(19)15-3)12-6-5-11(10(2)18)8-13(12)17(20)21/h5-6,8,10,18H,4,7,9H2,1-3H3,(H,15,19)/t10-/m1/s1. The number of aliphatic hydroxyl groups is 1.